The lowest BCUT2D eigenvalue weighted by atomic mass is 9.86. The van der Waals surface area contributed by atoms with Crippen molar-refractivity contribution >= 4 is 12.6 Å². The largest absolute Gasteiger partial charge is 0.392 e. The molecule has 4 rings (SSSR count). The van der Waals surface area contributed by atoms with Gasteiger partial charge in [0.15, 0.2) is 0 Å². The fourth-order valence-corrected chi connectivity index (χ4v) is 5.71. The van der Waals surface area contributed by atoms with Crippen molar-refractivity contribution in [3.63, 3.8) is 0 Å². The van der Waals surface area contributed by atoms with Crippen LogP contribution in [-0.4, -0.2) is 24.3 Å². The molecule has 0 fully saturated rings. The van der Waals surface area contributed by atoms with E-state index in [1.165, 1.54) is 53.5 Å². The molecule has 0 aromatic rings. The summed E-state index contributed by atoms with van der Waals surface area (Å²) in [5.74, 6) is 2.64. The molecule has 4 unspecified atom stereocenters. The van der Waals surface area contributed by atoms with Crippen LogP contribution in [0.1, 0.15) is 112 Å². The normalized spacial score (nSPS) is 24.6. The zero-order chi connectivity index (χ0) is 32.4. The first-order valence-electron chi connectivity index (χ1n) is 16.3. The van der Waals surface area contributed by atoms with E-state index in [1.807, 2.05) is 12.2 Å². The van der Waals surface area contributed by atoms with Crippen molar-refractivity contribution in [3.05, 3.63) is 95.2 Å². The standard InChI is InChI=1S/C10H16O.2C10H14O.C10H16/c3*1-8(2)10-5-3-9(7-11)4-6-10;1-8(2)10-6-4-9(3)5-7-10/h3,10-11H,1,4-7H2,2H3;2*3,7,10H,1,4-6H2,2H3;4,10H,1,5-7H2,2-3H3. The van der Waals surface area contributed by atoms with Crippen LogP contribution in [0.3, 0.4) is 0 Å². The van der Waals surface area contributed by atoms with Crippen LogP contribution >= 0.6 is 0 Å². The molecule has 4 aliphatic carbocycles. The number of carbonyl (C=O) groups excluding carboxylic acids is 2. The minimum absolute atomic E-state index is 0.239. The van der Waals surface area contributed by atoms with E-state index in [9.17, 15) is 9.59 Å². The first-order chi connectivity index (χ1) is 20.4. The zero-order valence-electron chi connectivity index (χ0n) is 28.1. The van der Waals surface area contributed by atoms with E-state index in [1.54, 1.807) is 5.57 Å². The highest BCUT2D eigenvalue weighted by Gasteiger charge is 2.15. The molecular formula is C40H60O3. The molecule has 0 saturated carbocycles. The van der Waals surface area contributed by atoms with Gasteiger partial charge in [0, 0.05) is 0 Å². The van der Waals surface area contributed by atoms with E-state index in [-0.39, 0.29) is 6.61 Å². The summed E-state index contributed by atoms with van der Waals surface area (Å²) in [7, 11) is 0. The Morgan fingerprint density at radius 1 is 0.628 bits per heavy atom. The molecule has 3 heteroatoms. The number of rotatable bonds is 7. The summed E-state index contributed by atoms with van der Waals surface area (Å²) in [4.78, 5) is 20.7. The summed E-state index contributed by atoms with van der Waals surface area (Å²) < 4.78 is 0. The highest BCUT2D eigenvalue weighted by Crippen LogP contribution is 2.29. The van der Waals surface area contributed by atoms with Crippen LogP contribution < -0.4 is 0 Å². The van der Waals surface area contributed by atoms with Crippen LogP contribution in [0.15, 0.2) is 95.2 Å². The molecule has 0 spiro atoms. The number of hydrogen-bond acceptors (Lipinski definition) is 3. The van der Waals surface area contributed by atoms with E-state index in [0.717, 1.165) is 81.0 Å². The Bertz CT molecular complexity index is 1050. The third-order valence-corrected chi connectivity index (χ3v) is 9.33. The van der Waals surface area contributed by atoms with Crippen LogP contribution in [0, 0.1) is 23.7 Å². The molecule has 0 aromatic heterocycles. The Kier molecular flexibility index (Phi) is 18.7. The molecule has 0 bridgehead atoms. The first kappa shape index (κ1) is 38.2. The van der Waals surface area contributed by atoms with Crippen LogP contribution in [0.5, 0.6) is 0 Å². The average molecular weight is 589 g/mol. The number of aldehydes is 2. The number of allylic oxidation sites excluding steroid dienone is 11. The third-order valence-electron chi connectivity index (χ3n) is 9.33. The highest BCUT2D eigenvalue weighted by molar-refractivity contribution is 5.73. The van der Waals surface area contributed by atoms with E-state index < -0.39 is 0 Å². The second-order valence-electron chi connectivity index (χ2n) is 13.1. The van der Waals surface area contributed by atoms with E-state index in [2.05, 4.69) is 73.1 Å². The highest BCUT2D eigenvalue weighted by atomic mass is 16.3. The van der Waals surface area contributed by atoms with Crippen LogP contribution in [-0.2, 0) is 9.59 Å². The molecule has 0 aliphatic heterocycles. The van der Waals surface area contributed by atoms with Gasteiger partial charge in [0.1, 0.15) is 12.6 Å². The lowest BCUT2D eigenvalue weighted by Gasteiger charge is -2.20. The molecular weight excluding hydrogens is 528 g/mol. The van der Waals surface area contributed by atoms with Gasteiger partial charge in [0.25, 0.3) is 0 Å². The number of aliphatic hydroxyl groups excluding tert-OH is 1. The molecule has 4 atom stereocenters. The Morgan fingerprint density at radius 2 is 0.977 bits per heavy atom. The summed E-state index contributed by atoms with van der Waals surface area (Å²) in [6.07, 6.45) is 23.7. The molecule has 0 saturated heterocycles. The molecule has 0 radical (unpaired) electrons. The topological polar surface area (TPSA) is 54.4 Å². The Balaban J connectivity index is 0.000000287. The van der Waals surface area contributed by atoms with Gasteiger partial charge in [0.05, 0.1) is 6.61 Å². The third kappa shape index (κ3) is 15.5. The molecule has 43 heavy (non-hydrogen) atoms. The van der Waals surface area contributed by atoms with Crippen molar-refractivity contribution in [3.8, 4) is 0 Å². The minimum atomic E-state index is 0.239. The molecule has 0 heterocycles. The predicted octanol–water partition coefficient (Wildman–Crippen LogP) is 10.6. The maximum Gasteiger partial charge on any atom is 0.145 e. The van der Waals surface area contributed by atoms with Gasteiger partial charge < -0.3 is 5.11 Å². The van der Waals surface area contributed by atoms with Crippen molar-refractivity contribution in [2.75, 3.05) is 6.61 Å². The SMILES string of the molecule is C=C(C)C1CC=C(C)CC1.C=C(C)C1CC=C(C=O)CC1.C=C(C)C1CC=C(C=O)CC1.C=C(C)C1CC=C(CO)CC1. The molecule has 0 aromatic carbocycles. The van der Waals surface area contributed by atoms with E-state index >= 15 is 0 Å². The molecule has 238 valence electrons. The summed E-state index contributed by atoms with van der Waals surface area (Å²) in [5.41, 5.74) is 9.78. The smallest absolute Gasteiger partial charge is 0.145 e. The zero-order valence-corrected chi connectivity index (χ0v) is 28.1. The lowest BCUT2D eigenvalue weighted by Crippen LogP contribution is -2.07. The summed E-state index contributed by atoms with van der Waals surface area (Å²) in [6.45, 7) is 26.5. The van der Waals surface area contributed by atoms with E-state index in [4.69, 9.17) is 5.11 Å². The predicted molar refractivity (Wildman–Crippen MR) is 186 cm³/mol. The van der Waals surface area contributed by atoms with Gasteiger partial charge in [-0.2, -0.15) is 0 Å². The quantitative estimate of drug-likeness (QED) is 0.238. The molecule has 3 nitrogen and oxygen atoms in total. The minimum Gasteiger partial charge on any atom is -0.392 e. The lowest BCUT2D eigenvalue weighted by molar-refractivity contribution is -0.105. The summed E-state index contributed by atoms with van der Waals surface area (Å²) in [6, 6.07) is 0. The van der Waals surface area contributed by atoms with Gasteiger partial charge in [-0.25, -0.2) is 0 Å². The van der Waals surface area contributed by atoms with Gasteiger partial charge in [-0.05, 0) is 152 Å². The van der Waals surface area contributed by atoms with Gasteiger partial charge in [-0.1, -0.05) is 78.5 Å². The number of carbonyl (C=O) groups is 2. The Morgan fingerprint density at radius 3 is 1.21 bits per heavy atom. The van der Waals surface area contributed by atoms with Crippen LogP contribution in [0.2, 0.25) is 0 Å². The van der Waals surface area contributed by atoms with Crippen LogP contribution in [0.4, 0.5) is 0 Å². The fourth-order valence-electron chi connectivity index (χ4n) is 5.71. The number of aliphatic hydroxyl groups is 1. The van der Waals surface area contributed by atoms with Crippen LogP contribution in [0.25, 0.3) is 0 Å². The van der Waals surface area contributed by atoms with Crippen molar-refractivity contribution in [2.45, 2.75) is 112 Å². The Labute approximate surface area is 264 Å². The maximum absolute atomic E-state index is 10.3. The van der Waals surface area contributed by atoms with Gasteiger partial charge in [-0.3, -0.25) is 9.59 Å². The van der Waals surface area contributed by atoms with Crippen molar-refractivity contribution in [1.82, 2.24) is 0 Å². The van der Waals surface area contributed by atoms with Crippen molar-refractivity contribution in [1.29, 1.82) is 0 Å². The summed E-state index contributed by atoms with van der Waals surface area (Å²) in [5, 5.41) is 8.83. The number of hydrogen-bond donors (Lipinski definition) is 1. The second kappa shape index (κ2) is 21.0. The monoisotopic (exact) mass is 588 g/mol. The molecule has 4 aliphatic rings. The summed E-state index contributed by atoms with van der Waals surface area (Å²) >= 11 is 0. The fraction of sp³-hybridized carbons (Fsp3) is 0.550. The van der Waals surface area contributed by atoms with Gasteiger partial charge in [0.2, 0.25) is 0 Å². The first-order valence-corrected chi connectivity index (χ1v) is 16.3. The van der Waals surface area contributed by atoms with Gasteiger partial charge in [-0.15, -0.1) is 0 Å². The average Bonchev–Trinajstić information content (AvgIpc) is 3.02. The second-order valence-corrected chi connectivity index (χ2v) is 13.1. The Hall–Kier alpha value is -2.78. The molecule has 0 amide bonds. The van der Waals surface area contributed by atoms with E-state index in [0.29, 0.717) is 17.8 Å². The van der Waals surface area contributed by atoms with Crippen molar-refractivity contribution < 1.29 is 14.7 Å². The van der Waals surface area contributed by atoms with Gasteiger partial charge >= 0.3 is 0 Å². The molecule has 1 N–H and O–H groups in total. The van der Waals surface area contributed by atoms with Crippen molar-refractivity contribution in [2.24, 2.45) is 23.7 Å². The maximum atomic E-state index is 10.3.